The van der Waals surface area contributed by atoms with Crippen LogP contribution in [0.15, 0.2) is 34.1 Å². The molecule has 0 bridgehead atoms. The number of rotatable bonds is 4. The van der Waals surface area contributed by atoms with E-state index >= 15 is 0 Å². The summed E-state index contributed by atoms with van der Waals surface area (Å²) in [6.07, 6.45) is 0. The van der Waals surface area contributed by atoms with Gasteiger partial charge < -0.3 is 0 Å². The summed E-state index contributed by atoms with van der Waals surface area (Å²) in [6.45, 7) is 3.32. The van der Waals surface area contributed by atoms with E-state index in [0.717, 1.165) is 4.90 Å². The Bertz CT molecular complexity index is 484. The van der Waals surface area contributed by atoms with Crippen LogP contribution in [-0.2, 0) is 9.84 Å². The molecule has 1 aromatic rings. The molecule has 0 atom stereocenters. The molecule has 0 radical (unpaired) electrons. The molecule has 0 aromatic heterocycles. The van der Waals surface area contributed by atoms with E-state index in [4.69, 9.17) is 5.26 Å². The van der Waals surface area contributed by atoms with E-state index in [2.05, 4.69) is 0 Å². The van der Waals surface area contributed by atoms with Crippen LogP contribution in [0, 0.1) is 11.3 Å². The third kappa shape index (κ3) is 3.00. The molecule has 0 N–H and O–H groups in total. The smallest absolute Gasteiger partial charge is 0.180 e. The maximum atomic E-state index is 11.8. The first kappa shape index (κ1) is 13.1. The molecule has 0 amide bonds. The molecular formula is C11H13NO2S2. The Morgan fingerprint density at radius 2 is 1.88 bits per heavy atom. The van der Waals surface area contributed by atoms with Crippen molar-refractivity contribution in [2.45, 2.75) is 28.9 Å². The molecule has 0 unspecified atom stereocenters. The Morgan fingerprint density at radius 1 is 1.31 bits per heavy atom. The first-order valence-electron chi connectivity index (χ1n) is 4.82. The lowest BCUT2D eigenvalue weighted by Gasteiger charge is -2.07. The van der Waals surface area contributed by atoms with Crippen molar-refractivity contribution in [1.82, 2.24) is 0 Å². The Kier molecular flexibility index (Phi) is 4.39. The third-order valence-corrected chi connectivity index (χ3v) is 5.13. The first-order chi connectivity index (χ1) is 7.48. The minimum Gasteiger partial charge on any atom is -0.223 e. The molecule has 0 saturated carbocycles. The molecule has 1 rings (SSSR count). The van der Waals surface area contributed by atoms with Gasteiger partial charge in [0.2, 0.25) is 0 Å². The van der Waals surface area contributed by atoms with Crippen LogP contribution in [-0.4, -0.2) is 19.4 Å². The van der Waals surface area contributed by atoms with E-state index in [1.54, 1.807) is 38.1 Å². The van der Waals surface area contributed by atoms with Gasteiger partial charge in [-0.15, -0.1) is 11.8 Å². The van der Waals surface area contributed by atoms with Crippen LogP contribution in [0.1, 0.15) is 13.8 Å². The van der Waals surface area contributed by atoms with Crippen molar-refractivity contribution < 1.29 is 8.42 Å². The lowest BCUT2D eigenvalue weighted by molar-refractivity contribution is 0.587. The van der Waals surface area contributed by atoms with E-state index < -0.39 is 15.1 Å². The first-order valence-corrected chi connectivity index (χ1v) is 7.35. The lowest BCUT2D eigenvalue weighted by atomic mass is 10.4. The normalized spacial score (nSPS) is 11.4. The molecule has 86 valence electrons. The molecule has 0 heterocycles. The number of benzene rings is 1. The summed E-state index contributed by atoms with van der Waals surface area (Å²) in [5, 5.41) is 8.01. The molecular weight excluding hydrogens is 242 g/mol. The van der Waals surface area contributed by atoms with E-state index in [1.165, 1.54) is 11.8 Å². The highest BCUT2D eigenvalue weighted by atomic mass is 32.2. The standard InChI is InChI=1S/C11H13NO2S2/c1-9(2)16(13,14)11-5-3-10(4-6-11)15-8-7-12/h3-6,9H,8H2,1-2H3. The Morgan fingerprint density at radius 3 is 2.31 bits per heavy atom. The molecule has 0 aliphatic carbocycles. The molecule has 0 aliphatic rings. The van der Waals surface area contributed by atoms with Gasteiger partial charge in [-0.1, -0.05) is 0 Å². The van der Waals surface area contributed by atoms with Crippen LogP contribution in [0.4, 0.5) is 0 Å². The van der Waals surface area contributed by atoms with Crippen LogP contribution in [0.5, 0.6) is 0 Å². The molecule has 5 heteroatoms. The largest absolute Gasteiger partial charge is 0.223 e. The van der Waals surface area contributed by atoms with Crippen molar-refractivity contribution in [3.8, 4) is 6.07 Å². The van der Waals surface area contributed by atoms with Crippen molar-refractivity contribution >= 4 is 21.6 Å². The van der Waals surface area contributed by atoms with Gasteiger partial charge in [0.15, 0.2) is 9.84 Å². The monoisotopic (exact) mass is 255 g/mol. The summed E-state index contributed by atoms with van der Waals surface area (Å²) in [5.74, 6) is 0.371. The van der Waals surface area contributed by atoms with Crippen LogP contribution in [0.3, 0.4) is 0 Å². The molecule has 1 aromatic carbocycles. The zero-order chi connectivity index (χ0) is 12.2. The van der Waals surface area contributed by atoms with Crippen molar-refractivity contribution in [2.75, 3.05) is 5.75 Å². The fourth-order valence-corrected chi connectivity index (χ4v) is 2.73. The van der Waals surface area contributed by atoms with E-state index in [0.29, 0.717) is 10.6 Å². The second-order valence-electron chi connectivity index (χ2n) is 3.51. The lowest BCUT2D eigenvalue weighted by Crippen LogP contribution is -2.13. The van der Waals surface area contributed by atoms with Crippen molar-refractivity contribution in [2.24, 2.45) is 0 Å². The number of hydrogen-bond acceptors (Lipinski definition) is 4. The number of nitrogens with zero attached hydrogens (tertiary/aromatic N) is 1. The van der Waals surface area contributed by atoms with Gasteiger partial charge in [-0.05, 0) is 38.1 Å². The van der Waals surface area contributed by atoms with Crippen molar-refractivity contribution in [3.63, 3.8) is 0 Å². The zero-order valence-corrected chi connectivity index (χ0v) is 10.8. The molecule has 0 fully saturated rings. The predicted molar refractivity (Wildman–Crippen MR) is 65.1 cm³/mol. The van der Waals surface area contributed by atoms with Crippen LogP contribution < -0.4 is 0 Å². The van der Waals surface area contributed by atoms with E-state index in [-0.39, 0.29) is 0 Å². The van der Waals surface area contributed by atoms with Gasteiger partial charge in [0.1, 0.15) is 0 Å². The van der Waals surface area contributed by atoms with Crippen LogP contribution in [0.25, 0.3) is 0 Å². The van der Waals surface area contributed by atoms with Crippen molar-refractivity contribution in [3.05, 3.63) is 24.3 Å². The fraction of sp³-hybridized carbons (Fsp3) is 0.364. The average Bonchev–Trinajstić information content (AvgIpc) is 2.26. The maximum Gasteiger partial charge on any atom is 0.180 e. The highest BCUT2D eigenvalue weighted by molar-refractivity contribution is 7.99. The van der Waals surface area contributed by atoms with Gasteiger partial charge in [0, 0.05) is 4.90 Å². The van der Waals surface area contributed by atoms with E-state index in [9.17, 15) is 8.42 Å². The van der Waals surface area contributed by atoms with Crippen molar-refractivity contribution in [1.29, 1.82) is 5.26 Å². The highest BCUT2D eigenvalue weighted by Crippen LogP contribution is 2.21. The van der Waals surface area contributed by atoms with Crippen LogP contribution in [0.2, 0.25) is 0 Å². The fourth-order valence-electron chi connectivity index (χ4n) is 1.11. The minimum absolute atomic E-state index is 0.337. The average molecular weight is 255 g/mol. The predicted octanol–water partition coefficient (Wildman–Crippen LogP) is 2.48. The number of sulfone groups is 1. The SMILES string of the molecule is CC(C)S(=O)(=O)c1ccc(SCC#N)cc1. The van der Waals surface area contributed by atoms with Gasteiger partial charge in [0.25, 0.3) is 0 Å². The summed E-state index contributed by atoms with van der Waals surface area (Å²) in [6, 6.07) is 8.68. The summed E-state index contributed by atoms with van der Waals surface area (Å²) in [5.41, 5.74) is 0. The quantitative estimate of drug-likeness (QED) is 0.776. The summed E-state index contributed by atoms with van der Waals surface area (Å²) in [4.78, 5) is 1.24. The number of nitriles is 1. The van der Waals surface area contributed by atoms with E-state index in [1.807, 2.05) is 6.07 Å². The van der Waals surface area contributed by atoms with Gasteiger partial charge in [0.05, 0.1) is 22.0 Å². The van der Waals surface area contributed by atoms with Gasteiger partial charge in [-0.25, -0.2) is 8.42 Å². The molecule has 0 spiro atoms. The highest BCUT2D eigenvalue weighted by Gasteiger charge is 2.18. The number of hydrogen-bond donors (Lipinski definition) is 0. The maximum absolute atomic E-state index is 11.8. The minimum atomic E-state index is -3.19. The second kappa shape index (κ2) is 5.37. The van der Waals surface area contributed by atoms with Gasteiger partial charge >= 0.3 is 0 Å². The zero-order valence-electron chi connectivity index (χ0n) is 9.17. The van der Waals surface area contributed by atoms with Crippen LogP contribution >= 0.6 is 11.8 Å². The summed E-state index contributed by atoms with van der Waals surface area (Å²) >= 11 is 1.39. The number of thioether (sulfide) groups is 1. The Balaban J connectivity index is 2.92. The van der Waals surface area contributed by atoms with Gasteiger partial charge in [-0.3, -0.25) is 0 Å². The molecule has 16 heavy (non-hydrogen) atoms. The Labute approximate surface area is 100 Å². The van der Waals surface area contributed by atoms with Gasteiger partial charge in [-0.2, -0.15) is 5.26 Å². The molecule has 0 saturated heterocycles. The second-order valence-corrected chi connectivity index (χ2v) is 7.06. The summed E-state index contributed by atoms with van der Waals surface area (Å²) < 4.78 is 23.6. The third-order valence-electron chi connectivity index (χ3n) is 2.08. The summed E-state index contributed by atoms with van der Waals surface area (Å²) in [7, 11) is -3.19. The topological polar surface area (TPSA) is 57.9 Å². The molecule has 0 aliphatic heterocycles. The Hall–Kier alpha value is -0.990. The molecule has 3 nitrogen and oxygen atoms in total.